The molecule has 1 fully saturated rings. The third-order valence-corrected chi connectivity index (χ3v) is 4.16. The Kier molecular flexibility index (Phi) is 4.66. The van der Waals surface area contributed by atoms with Gasteiger partial charge in [-0.25, -0.2) is 4.98 Å². The molecule has 5 nitrogen and oxygen atoms in total. The number of hydrogen-bond donors (Lipinski definition) is 1. The van der Waals surface area contributed by atoms with Gasteiger partial charge in [0.25, 0.3) is 0 Å². The molecule has 1 aromatic heterocycles. The second-order valence-electron chi connectivity index (χ2n) is 4.74. The summed E-state index contributed by atoms with van der Waals surface area (Å²) in [5.41, 5.74) is 0.952. The fraction of sp³-hybridized carbons (Fsp3) is 0.667. The van der Waals surface area contributed by atoms with Crippen molar-refractivity contribution in [3.63, 3.8) is 0 Å². The van der Waals surface area contributed by atoms with Crippen molar-refractivity contribution in [1.82, 2.24) is 15.3 Å². The molecule has 0 spiro atoms. The van der Waals surface area contributed by atoms with Gasteiger partial charge in [0, 0.05) is 48.0 Å². The van der Waals surface area contributed by atoms with Gasteiger partial charge < -0.3 is 10.2 Å². The van der Waals surface area contributed by atoms with E-state index in [1.54, 1.807) is 0 Å². The Morgan fingerprint density at radius 3 is 2.61 bits per heavy atom. The first kappa shape index (κ1) is 13.4. The summed E-state index contributed by atoms with van der Waals surface area (Å²) >= 11 is 0. The van der Waals surface area contributed by atoms with Gasteiger partial charge >= 0.3 is 0 Å². The quantitative estimate of drug-likeness (QED) is 0.864. The van der Waals surface area contributed by atoms with Crippen LogP contribution in [0.1, 0.15) is 19.5 Å². The van der Waals surface area contributed by atoms with E-state index in [1.165, 1.54) is 0 Å². The minimum atomic E-state index is -0.647. The lowest BCUT2D eigenvalue weighted by atomic mass is 10.3. The van der Waals surface area contributed by atoms with Crippen LogP contribution in [-0.2, 0) is 17.3 Å². The first-order valence-corrected chi connectivity index (χ1v) is 7.78. The van der Waals surface area contributed by atoms with Crippen molar-refractivity contribution in [3.05, 3.63) is 18.1 Å². The molecular weight excluding hydrogens is 248 g/mol. The highest BCUT2D eigenvalue weighted by Crippen LogP contribution is 2.11. The van der Waals surface area contributed by atoms with Crippen LogP contribution in [-0.4, -0.2) is 44.8 Å². The van der Waals surface area contributed by atoms with E-state index in [0.717, 1.165) is 42.7 Å². The van der Waals surface area contributed by atoms with E-state index in [4.69, 9.17) is 0 Å². The maximum absolute atomic E-state index is 11.3. The van der Waals surface area contributed by atoms with Crippen molar-refractivity contribution in [2.45, 2.75) is 26.4 Å². The number of nitrogens with one attached hydrogen (secondary N) is 1. The number of rotatable bonds is 4. The predicted molar refractivity (Wildman–Crippen MR) is 74.1 cm³/mol. The maximum Gasteiger partial charge on any atom is 0.147 e. The molecule has 1 aromatic rings. The Balaban J connectivity index is 1.93. The van der Waals surface area contributed by atoms with Gasteiger partial charge in [0.1, 0.15) is 5.82 Å². The lowest BCUT2D eigenvalue weighted by Gasteiger charge is -2.26. The Bertz CT molecular complexity index is 397. The van der Waals surface area contributed by atoms with Crippen LogP contribution < -0.4 is 10.2 Å². The van der Waals surface area contributed by atoms with Crippen molar-refractivity contribution in [2.75, 3.05) is 29.5 Å². The summed E-state index contributed by atoms with van der Waals surface area (Å²) < 4.78 is 11.3. The van der Waals surface area contributed by atoms with Crippen LogP contribution in [0.2, 0.25) is 0 Å². The number of hydrogen-bond acceptors (Lipinski definition) is 5. The Morgan fingerprint density at radius 1 is 1.33 bits per heavy atom. The second-order valence-corrected chi connectivity index (χ2v) is 6.43. The maximum atomic E-state index is 11.3. The fourth-order valence-electron chi connectivity index (χ4n) is 1.78. The fourth-order valence-corrected chi connectivity index (χ4v) is 2.83. The van der Waals surface area contributed by atoms with Gasteiger partial charge in [-0.1, -0.05) is 13.8 Å². The van der Waals surface area contributed by atoms with Gasteiger partial charge in [-0.05, 0) is 0 Å². The topological polar surface area (TPSA) is 58.1 Å². The molecule has 1 aliphatic rings. The van der Waals surface area contributed by atoms with Crippen LogP contribution in [0.5, 0.6) is 0 Å². The second kappa shape index (κ2) is 6.24. The SMILES string of the molecule is CC(C)NCc1cnc(N2CCS(=O)CC2)cn1. The molecule has 100 valence electrons. The van der Waals surface area contributed by atoms with Crippen molar-refractivity contribution in [1.29, 1.82) is 0 Å². The molecule has 2 heterocycles. The zero-order valence-electron chi connectivity index (χ0n) is 10.9. The molecule has 0 amide bonds. The molecular formula is C12H20N4OS. The molecule has 0 bridgehead atoms. The van der Waals surface area contributed by atoms with E-state index in [0.29, 0.717) is 6.04 Å². The van der Waals surface area contributed by atoms with Crippen molar-refractivity contribution < 1.29 is 4.21 Å². The summed E-state index contributed by atoms with van der Waals surface area (Å²) in [6.45, 7) is 6.58. The van der Waals surface area contributed by atoms with Crippen LogP contribution >= 0.6 is 0 Å². The van der Waals surface area contributed by atoms with E-state index in [1.807, 2.05) is 12.4 Å². The minimum absolute atomic E-state index is 0.448. The summed E-state index contributed by atoms with van der Waals surface area (Å²) in [6, 6.07) is 0.448. The first-order valence-electron chi connectivity index (χ1n) is 6.29. The monoisotopic (exact) mass is 268 g/mol. The van der Waals surface area contributed by atoms with E-state index in [2.05, 4.69) is 34.0 Å². The predicted octanol–water partition coefficient (Wildman–Crippen LogP) is 0.543. The highest BCUT2D eigenvalue weighted by atomic mass is 32.2. The first-order chi connectivity index (χ1) is 8.65. The molecule has 1 N–H and O–H groups in total. The standard InChI is InChI=1S/C12H20N4OS/c1-10(2)13-7-11-8-15-12(9-14-11)16-3-5-18(17)6-4-16/h8-10,13H,3-7H2,1-2H3. The summed E-state index contributed by atoms with van der Waals surface area (Å²) in [7, 11) is -0.647. The van der Waals surface area contributed by atoms with E-state index >= 15 is 0 Å². The Morgan fingerprint density at radius 2 is 2.06 bits per heavy atom. The summed E-state index contributed by atoms with van der Waals surface area (Å²) in [5, 5.41) is 3.31. The lowest BCUT2D eigenvalue weighted by molar-refractivity contribution is 0.580. The van der Waals surface area contributed by atoms with Gasteiger partial charge in [0.2, 0.25) is 0 Å². The third-order valence-electron chi connectivity index (χ3n) is 2.88. The number of aromatic nitrogens is 2. The molecule has 0 aliphatic carbocycles. The third kappa shape index (κ3) is 3.74. The number of nitrogens with zero attached hydrogens (tertiary/aromatic N) is 3. The average Bonchev–Trinajstić information content (AvgIpc) is 2.38. The van der Waals surface area contributed by atoms with E-state index < -0.39 is 10.8 Å². The average molecular weight is 268 g/mol. The van der Waals surface area contributed by atoms with Crippen LogP contribution in [0.4, 0.5) is 5.82 Å². The van der Waals surface area contributed by atoms with Gasteiger partial charge in [-0.2, -0.15) is 0 Å². The van der Waals surface area contributed by atoms with Crippen LogP contribution in [0.3, 0.4) is 0 Å². The van der Waals surface area contributed by atoms with Gasteiger partial charge in [0.15, 0.2) is 0 Å². The van der Waals surface area contributed by atoms with Crippen molar-refractivity contribution in [3.8, 4) is 0 Å². The lowest BCUT2D eigenvalue weighted by Crippen LogP contribution is -2.38. The van der Waals surface area contributed by atoms with Crippen LogP contribution in [0.25, 0.3) is 0 Å². The molecule has 2 rings (SSSR count). The van der Waals surface area contributed by atoms with Gasteiger partial charge in [0.05, 0.1) is 18.1 Å². The summed E-state index contributed by atoms with van der Waals surface area (Å²) in [4.78, 5) is 11.0. The number of anilines is 1. The molecule has 1 aliphatic heterocycles. The van der Waals surface area contributed by atoms with Crippen molar-refractivity contribution >= 4 is 16.6 Å². The highest BCUT2D eigenvalue weighted by molar-refractivity contribution is 7.85. The van der Waals surface area contributed by atoms with E-state index in [-0.39, 0.29) is 0 Å². The van der Waals surface area contributed by atoms with Gasteiger partial charge in [-0.15, -0.1) is 0 Å². The van der Waals surface area contributed by atoms with E-state index in [9.17, 15) is 4.21 Å². The molecule has 0 unspecified atom stereocenters. The molecule has 6 heteroatoms. The Hall–Kier alpha value is -1.01. The molecule has 0 atom stereocenters. The largest absolute Gasteiger partial charge is 0.354 e. The zero-order chi connectivity index (χ0) is 13.0. The molecule has 0 radical (unpaired) electrons. The van der Waals surface area contributed by atoms with Crippen LogP contribution in [0.15, 0.2) is 12.4 Å². The molecule has 18 heavy (non-hydrogen) atoms. The minimum Gasteiger partial charge on any atom is -0.354 e. The van der Waals surface area contributed by atoms with Crippen LogP contribution in [0, 0.1) is 0 Å². The zero-order valence-corrected chi connectivity index (χ0v) is 11.7. The highest BCUT2D eigenvalue weighted by Gasteiger charge is 2.16. The summed E-state index contributed by atoms with van der Waals surface area (Å²) in [6.07, 6.45) is 3.63. The molecule has 0 saturated carbocycles. The smallest absolute Gasteiger partial charge is 0.147 e. The molecule has 0 aromatic carbocycles. The molecule has 1 saturated heterocycles. The normalized spacial score (nSPS) is 17.4. The van der Waals surface area contributed by atoms with Gasteiger partial charge in [-0.3, -0.25) is 9.19 Å². The Labute approximate surface area is 110 Å². The summed E-state index contributed by atoms with van der Waals surface area (Å²) in [5.74, 6) is 2.36. The van der Waals surface area contributed by atoms with Crippen molar-refractivity contribution in [2.24, 2.45) is 0 Å².